The monoisotopic (exact) mass is 273 g/mol. The number of aliphatic imine (C=N–C) groups is 1. The van der Waals surface area contributed by atoms with Gasteiger partial charge in [0.05, 0.1) is 19.2 Å². The Kier molecular flexibility index (Phi) is 2.93. The number of amidine groups is 1. The van der Waals surface area contributed by atoms with Gasteiger partial charge in [-0.3, -0.25) is 14.9 Å². The van der Waals surface area contributed by atoms with E-state index in [9.17, 15) is 9.59 Å². The number of methoxy groups -OCH3 is 1. The molecule has 0 radical (unpaired) electrons. The van der Waals surface area contributed by atoms with Gasteiger partial charge in [-0.05, 0) is 18.6 Å². The molecule has 1 N–H and O–H groups in total. The fraction of sp³-hybridized carbons (Fsp3) is 0.357. The molecule has 2 aliphatic heterocycles. The van der Waals surface area contributed by atoms with Gasteiger partial charge in [0.15, 0.2) is 0 Å². The summed E-state index contributed by atoms with van der Waals surface area (Å²) in [4.78, 5) is 29.5. The lowest BCUT2D eigenvalue weighted by Crippen LogP contribution is -2.44. The number of rotatable bonds is 2. The van der Waals surface area contributed by atoms with Gasteiger partial charge in [0, 0.05) is 12.6 Å². The Morgan fingerprint density at radius 1 is 1.40 bits per heavy atom. The minimum atomic E-state index is -0.457. The van der Waals surface area contributed by atoms with E-state index in [1.165, 1.54) is 0 Å². The van der Waals surface area contributed by atoms with Gasteiger partial charge in [0.2, 0.25) is 11.8 Å². The van der Waals surface area contributed by atoms with Crippen LogP contribution in [0.3, 0.4) is 0 Å². The van der Waals surface area contributed by atoms with E-state index >= 15 is 0 Å². The molecule has 1 fully saturated rings. The van der Waals surface area contributed by atoms with Crippen molar-refractivity contribution < 1.29 is 14.3 Å². The van der Waals surface area contributed by atoms with Gasteiger partial charge < -0.3 is 9.64 Å². The van der Waals surface area contributed by atoms with Gasteiger partial charge in [-0.1, -0.05) is 6.07 Å². The van der Waals surface area contributed by atoms with Crippen molar-refractivity contribution in [1.82, 2.24) is 10.2 Å². The highest BCUT2D eigenvalue weighted by Gasteiger charge is 2.37. The van der Waals surface area contributed by atoms with Crippen LogP contribution in [-0.4, -0.2) is 35.7 Å². The third-order valence-corrected chi connectivity index (χ3v) is 3.65. The highest BCUT2D eigenvalue weighted by molar-refractivity contribution is 6.07. The van der Waals surface area contributed by atoms with E-state index in [2.05, 4.69) is 10.3 Å². The first kappa shape index (κ1) is 12.7. The summed E-state index contributed by atoms with van der Waals surface area (Å²) in [6.45, 7) is 2.42. The Bertz CT molecular complexity index is 624. The summed E-state index contributed by atoms with van der Waals surface area (Å²) in [5.41, 5.74) is 1.87. The molecule has 2 heterocycles. The fourth-order valence-corrected chi connectivity index (χ4v) is 2.57. The van der Waals surface area contributed by atoms with E-state index in [0.29, 0.717) is 6.54 Å². The molecule has 2 amide bonds. The molecule has 3 rings (SSSR count). The molecular formula is C14H15N3O3. The molecule has 6 heteroatoms. The average Bonchev–Trinajstić information content (AvgIpc) is 2.76. The number of hydrogen-bond acceptors (Lipinski definition) is 5. The standard InChI is InChI=1S/C14H15N3O3/c1-8-15-11-5-10(20-2)4-3-9(11)7-17(8)12-6-13(18)16-14(12)19/h3-5,12H,6-7H2,1-2H3,(H,16,18,19). The van der Waals surface area contributed by atoms with Crippen LogP contribution in [0.1, 0.15) is 18.9 Å². The number of nitrogens with one attached hydrogen (secondary N) is 1. The van der Waals surface area contributed by atoms with Crippen LogP contribution in [0.5, 0.6) is 5.75 Å². The van der Waals surface area contributed by atoms with Crippen molar-refractivity contribution in [3.8, 4) is 5.75 Å². The number of fused-ring (bicyclic) bond motifs is 1. The fourth-order valence-electron chi connectivity index (χ4n) is 2.57. The minimum absolute atomic E-state index is 0.192. The predicted molar refractivity (Wildman–Crippen MR) is 72.9 cm³/mol. The normalized spacial score (nSPS) is 21.4. The van der Waals surface area contributed by atoms with E-state index in [0.717, 1.165) is 22.8 Å². The van der Waals surface area contributed by atoms with Crippen LogP contribution >= 0.6 is 0 Å². The molecule has 1 aromatic rings. The second kappa shape index (κ2) is 4.63. The van der Waals surface area contributed by atoms with Gasteiger partial charge in [-0.25, -0.2) is 4.99 Å². The molecule has 0 saturated carbocycles. The van der Waals surface area contributed by atoms with E-state index in [1.54, 1.807) is 7.11 Å². The molecule has 0 bridgehead atoms. The van der Waals surface area contributed by atoms with Crippen LogP contribution in [0.25, 0.3) is 0 Å². The van der Waals surface area contributed by atoms with Crippen molar-refractivity contribution in [2.75, 3.05) is 7.11 Å². The number of carbonyl (C=O) groups excluding carboxylic acids is 2. The molecular weight excluding hydrogens is 258 g/mol. The molecule has 20 heavy (non-hydrogen) atoms. The Hall–Kier alpha value is -2.37. The van der Waals surface area contributed by atoms with Crippen LogP contribution < -0.4 is 10.1 Å². The SMILES string of the molecule is COc1ccc2c(c1)N=C(C)N(C1CC(=O)NC1=O)C2. The van der Waals surface area contributed by atoms with Crippen molar-refractivity contribution >= 4 is 23.3 Å². The number of nitrogens with zero attached hydrogens (tertiary/aromatic N) is 2. The molecule has 1 saturated heterocycles. The maximum atomic E-state index is 11.8. The number of benzene rings is 1. The van der Waals surface area contributed by atoms with Gasteiger partial charge in [-0.2, -0.15) is 0 Å². The molecule has 1 atom stereocenters. The van der Waals surface area contributed by atoms with E-state index < -0.39 is 6.04 Å². The Balaban J connectivity index is 1.92. The topological polar surface area (TPSA) is 71.0 Å². The summed E-state index contributed by atoms with van der Waals surface area (Å²) in [6, 6.07) is 5.22. The van der Waals surface area contributed by atoms with Gasteiger partial charge in [-0.15, -0.1) is 0 Å². The van der Waals surface area contributed by atoms with E-state index in [1.807, 2.05) is 30.0 Å². The molecule has 6 nitrogen and oxygen atoms in total. The van der Waals surface area contributed by atoms with Gasteiger partial charge in [0.25, 0.3) is 0 Å². The molecule has 104 valence electrons. The maximum Gasteiger partial charge on any atom is 0.249 e. The minimum Gasteiger partial charge on any atom is -0.497 e. The second-order valence-electron chi connectivity index (χ2n) is 4.91. The lowest BCUT2D eigenvalue weighted by Gasteiger charge is -2.32. The van der Waals surface area contributed by atoms with Gasteiger partial charge in [0.1, 0.15) is 17.6 Å². The summed E-state index contributed by atoms with van der Waals surface area (Å²) >= 11 is 0. The van der Waals surface area contributed by atoms with Gasteiger partial charge >= 0.3 is 0 Å². The zero-order valence-corrected chi connectivity index (χ0v) is 11.3. The number of carbonyl (C=O) groups is 2. The van der Waals surface area contributed by atoms with Crippen molar-refractivity contribution in [3.63, 3.8) is 0 Å². The summed E-state index contributed by atoms with van der Waals surface area (Å²) in [7, 11) is 1.61. The molecule has 0 aromatic heterocycles. The van der Waals surface area contributed by atoms with Crippen molar-refractivity contribution in [2.45, 2.75) is 25.9 Å². The van der Waals surface area contributed by atoms with Crippen molar-refractivity contribution in [1.29, 1.82) is 0 Å². The van der Waals surface area contributed by atoms with Crippen LogP contribution in [0.15, 0.2) is 23.2 Å². The Morgan fingerprint density at radius 2 is 2.20 bits per heavy atom. The number of ether oxygens (including phenoxy) is 1. The maximum absolute atomic E-state index is 11.8. The third-order valence-electron chi connectivity index (χ3n) is 3.65. The Labute approximate surface area is 116 Å². The lowest BCUT2D eigenvalue weighted by atomic mass is 10.1. The molecule has 0 spiro atoms. The summed E-state index contributed by atoms with van der Waals surface area (Å²) in [6.07, 6.45) is 0.192. The highest BCUT2D eigenvalue weighted by atomic mass is 16.5. The highest BCUT2D eigenvalue weighted by Crippen LogP contribution is 2.31. The molecule has 2 aliphatic rings. The van der Waals surface area contributed by atoms with E-state index in [-0.39, 0.29) is 18.2 Å². The number of amides is 2. The first-order valence-electron chi connectivity index (χ1n) is 6.41. The van der Waals surface area contributed by atoms with Crippen LogP contribution in [0.2, 0.25) is 0 Å². The van der Waals surface area contributed by atoms with Crippen molar-refractivity contribution in [2.24, 2.45) is 4.99 Å². The average molecular weight is 273 g/mol. The largest absolute Gasteiger partial charge is 0.497 e. The zero-order chi connectivity index (χ0) is 14.3. The summed E-state index contributed by atoms with van der Waals surface area (Å²) < 4.78 is 5.18. The van der Waals surface area contributed by atoms with Crippen LogP contribution in [-0.2, 0) is 16.1 Å². The Morgan fingerprint density at radius 3 is 2.85 bits per heavy atom. The smallest absolute Gasteiger partial charge is 0.249 e. The van der Waals surface area contributed by atoms with E-state index in [4.69, 9.17) is 4.74 Å². The quantitative estimate of drug-likeness (QED) is 0.815. The summed E-state index contributed by atoms with van der Waals surface area (Å²) in [5.74, 6) is 1.01. The summed E-state index contributed by atoms with van der Waals surface area (Å²) in [5, 5.41) is 2.33. The number of imide groups is 1. The second-order valence-corrected chi connectivity index (χ2v) is 4.91. The molecule has 1 aromatic carbocycles. The third kappa shape index (κ3) is 2.03. The molecule has 1 unspecified atom stereocenters. The first-order valence-corrected chi connectivity index (χ1v) is 6.41. The lowest BCUT2D eigenvalue weighted by molar-refractivity contribution is -0.125. The first-order chi connectivity index (χ1) is 9.58. The zero-order valence-electron chi connectivity index (χ0n) is 11.3. The van der Waals surface area contributed by atoms with Crippen LogP contribution in [0.4, 0.5) is 5.69 Å². The number of hydrogen-bond donors (Lipinski definition) is 1. The molecule has 0 aliphatic carbocycles. The van der Waals surface area contributed by atoms with Crippen molar-refractivity contribution in [3.05, 3.63) is 23.8 Å². The predicted octanol–water partition coefficient (Wildman–Crippen LogP) is 0.976. The van der Waals surface area contributed by atoms with Crippen LogP contribution in [0, 0.1) is 0 Å².